The third-order valence-electron chi connectivity index (χ3n) is 6.64. The van der Waals surface area contributed by atoms with Gasteiger partial charge in [-0.2, -0.15) is 0 Å². The van der Waals surface area contributed by atoms with E-state index in [0.29, 0.717) is 0 Å². The van der Waals surface area contributed by atoms with Gasteiger partial charge in [0.15, 0.2) is 0 Å². The molecular formula is C30H37N. The molecule has 0 unspecified atom stereocenters. The Kier molecular flexibility index (Phi) is 6.74. The van der Waals surface area contributed by atoms with E-state index < -0.39 is 0 Å². The van der Waals surface area contributed by atoms with E-state index in [4.69, 9.17) is 0 Å². The summed E-state index contributed by atoms with van der Waals surface area (Å²) in [7, 11) is 0. The Labute approximate surface area is 189 Å². The maximum absolute atomic E-state index is 4.36. The van der Waals surface area contributed by atoms with Crippen LogP contribution >= 0.6 is 0 Å². The minimum Gasteiger partial charge on any atom is -0.344 e. The maximum atomic E-state index is 4.36. The topological polar surface area (TPSA) is 3.24 Å². The Balaban J connectivity index is 1.78. The van der Waals surface area contributed by atoms with Crippen molar-refractivity contribution in [1.82, 2.24) is 0 Å². The first kappa shape index (κ1) is 22.9. The molecule has 1 aliphatic rings. The summed E-state index contributed by atoms with van der Waals surface area (Å²) in [6, 6.07) is 17.4. The van der Waals surface area contributed by atoms with E-state index in [9.17, 15) is 0 Å². The lowest BCUT2D eigenvalue weighted by Crippen LogP contribution is -2.26. The highest BCUT2D eigenvalue weighted by Gasteiger charge is 2.38. The van der Waals surface area contributed by atoms with E-state index in [1.54, 1.807) is 0 Å². The van der Waals surface area contributed by atoms with Crippen molar-refractivity contribution in [2.24, 2.45) is 0 Å². The molecule has 0 bridgehead atoms. The zero-order valence-corrected chi connectivity index (χ0v) is 20.1. The largest absolute Gasteiger partial charge is 0.344 e. The van der Waals surface area contributed by atoms with Crippen LogP contribution in [-0.2, 0) is 10.8 Å². The van der Waals surface area contributed by atoms with Crippen LogP contribution in [0.3, 0.4) is 0 Å². The first-order valence-corrected chi connectivity index (χ1v) is 11.4. The van der Waals surface area contributed by atoms with Gasteiger partial charge in [-0.1, -0.05) is 108 Å². The van der Waals surface area contributed by atoms with Crippen molar-refractivity contribution >= 4 is 5.69 Å². The summed E-state index contributed by atoms with van der Waals surface area (Å²) < 4.78 is 0. The summed E-state index contributed by atoms with van der Waals surface area (Å²) in [6.45, 7) is 18.9. The van der Waals surface area contributed by atoms with Gasteiger partial charge in [-0.15, -0.1) is 0 Å². The number of benzene rings is 2. The normalized spacial score (nSPS) is 17.1. The molecule has 1 heteroatoms. The van der Waals surface area contributed by atoms with Gasteiger partial charge in [-0.25, -0.2) is 0 Å². The van der Waals surface area contributed by atoms with Crippen LogP contribution in [0.4, 0.5) is 5.69 Å². The molecule has 0 fully saturated rings. The number of rotatable bonds is 7. The number of fused-ring (bicyclic) bond motifs is 1. The van der Waals surface area contributed by atoms with Crippen molar-refractivity contribution in [2.75, 3.05) is 11.4 Å². The monoisotopic (exact) mass is 411 g/mol. The van der Waals surface area contributed by atoms with Crippen molar-refractivity contribution in [2.45, 2.75) is 58.8 Å². The summed E-state index contributed by atoms with van der Waals surface area (Å²) >= 11 is 0. The average molecular weight is 412 g/mol. The molecule has 3 rings (SSSR count). The highest BCUT2D eigenvalue weighted by molar-refractivity contribution is 5.70. The summed E-state index contributed by atoms with van der Waals surface area (Å²) in [4.78, 5) is 2.48. The molecule has 0 aromatic heterocycles. The van der Waals surface area contributed by atoms with Crippen molar-refractivity contribution in [3.05, 3.63) is 113 Å². The van der Waals surface area contributed by atoms with Gasteiger partial charge in [0, 0.05) is 28.8 Å². The second kappa shape index (κ2) is 9.14. The van der Waals surface area contributed by atoms with Crippen LogP contribution in [0.25, 0.3) is 0 Å². The van der Waals surface area contributed by atoms with Crippen molar-refractivity contribution < 1.29 is 0 Å². The number of allylic oxidation sites excluding steroid dienone is 7. The van der Waals surface area contributed by atoms with Gasteiger partial charge >= 0.3 is 0 Å². The molecule has 1 aliphatic heterocycles. The molecule has 0 aliphatic carbocycles. The molecule has 0 spiro atoms. The zero-order chi connectivity index (χ0) is 22.6. The summed E-state index contributed by atoms with van der Waals surface area (Å²) in [6.07, 6.45) is 11.9. The SMILES string of the molecule is C=C(/C=C/C=C/C=C1/N(CCC)c2ccccc2C1(C)C)C(C)(C)c1ccccc1C. The molecule has 1 nitrogen and oxygen atoms in total. The molecule has 0 atom stereocenters. The van der Waals surface area contributed by atoms with Gasteiger partial charge in [-0.3, -0.25) is 0 Å². The van der Waals surface area contributed by atoms with E-state index in [1.165, 1.54) is 28.1 Å². The Morgan fingerprint density at radius 2 is 1.68 bits per heavy atom. The van der Waals surface area contributed by atoms with E-state index in [0.717, 1.165) is 18.5 Å². The first-order valence-electron chi connectivity index (χ1n) is 11.4. The van der Waals surface area contributed by atoms with Crippen LogP contribution in [0.15, 0.2) is 96.8 Å². The second-order valence-electron chi connectivity index (χ2n) is 9.55. The maximum Gasteiger partial charge on any atom is 0.0450 e. The van der Waals surface area contributed by atoms with E-state index >= 15 is 0 Å². The van der Waals surface area contributed by atoms with Crippen LogP contribution in [0.5, 0.6) is 0 Å². The number of para-hydroxylation sites is 1. The lowest BCUT2D eigenvalue weighted by atomic mass is 9.76. The van der Waals surface area contributed by atoms with Gasteiger partial charge in [-0.05, 0) is 47.8 Å². The molecule has 0 radical (unpaired) electrons. The quantitative estimate of drug-likeness (QED) is 0.417. The Morgan fingerprint density at radius 3 is 2.39 bits per heavy atom. The Bertz CT molecular complexity index is 1030. The molecule has 2 aromatic carbocycles. The second-order valence-corrected chi connectivity index (χ2v) is 9.55. The van der Waals surface area contributed by atoms with Crippen LogP contribution in [0.2, 0.25) is 0 Å². The summed E-state index contributed by atoms with van der Waals surface area (Å²) in [5.41, 5.74) is 7.78. The van der Waals surface area contributed by atoms with E-state index in [2.05, 4.69) is 132 Å². The van der Waals surface area contributed by atoms with Gasteiger partial charge in [0.2, 0.25) is 0 Å². The highest BCUT2D eigenvalue weighted by Crippen LogP contribution is 2.47. The third-order valence-corrected chi connectivity index (χ3v) is 6.64. The van der Waals surface area contributed by atoms with Crippen LogP contribution in [0.1, 0.15) is 57.7 Å². The zero-order valence-electron chi connectivity index (χ0n) is 20.1. The van der Waals surface area contributed by atoms with E-state index in [-0.39, 0.29) is 10.8 Å². The van der Waals surface area contributed by atoms with E-state index in [1.807, 2.05) is 0 Å². The van der Waals surface area contributed by atoms with Gasteiger partial charge < -0.3 is 4.90 Å². The lowest BCUT2D eigenvalue weighted by Gasteiger charge is -2.28. The number of anilines is 1. The molecule has 0 saturated heterocycles. The summed E-state index contributed by atoms with van der Waals surface area (Å²) in [5.74, 6) is 0. The van der Waals surface area contributed by atoms with Crippen LogP contribution in [0, 0.1) is 6.92 Å². The lowest BCUT2D eigenvalue weighted by molar-refractivity contribution is 0.629. The fourth-order valence-electron chi connectivity index (χ4n) is 4.64. The molecule has 162 valence electrons. The fourth-order valence-corrected chi connectivity index (χ4v) is 4.64. The number of nitrogens with zero attached hydrogens (tertiary/aromatic N) is 1. The fraction of sp³-hybridized carbons (Fsp3) is 0.333. The van der Waals surface area contributed by atoms with Crippen molar-refractivity contribution in [3.63, 3.8) is 0 Å². The van der Waals surface area contributed by atoms with Crippen LogP contribution in [-0.4, -0.2) is 6.54 Å². The number of hydrogen-bond acceptors (Lipinski definition) is 1. The molecule has 2 aromatic rings. The van der Waals surface area contributed by atoms with Crippen LogP contribution < -0.4 is 4.90 Å². The van der Waals surface area contributed by atoms with Gasteiger partial charge in [0.25, 0.3) is 0 Å². The number of aryl methyl sites for hydroxylation is 1. The van der Waals surface area contributed by atoms with Gasteiger partial charge in [0.05, 0.1) is 0 Å². The predicted molar refractivity (Wildman–Crippen MR) is 137 cm³/mol. The summed E-state index contributed by atoms with van der Waals surface area (Å²) in [5, 5.41) is 0. The first-order chi connectivity index (χ1) is 14.7. The molecule has 0 amide bonds. The minimum absolute atomic E-state index is 0.0102. The third kappa shape index (κ3) is 4.46. The average Bonchev–Trinajstić information content (AvgIpc) is 2.95. The smallest absolute Gasteiger partial charge is 0.0450 e. The molecule has 0 saturated carbocycles. The molecule has 31 heavy (non-hydrogen) atoms. The number of hydrogen-bond donors (Lipinski definition) is 0. The molecule has 1 heterocycles. The van der Waals surface area contributed by atoms with Crippen molar-refractivity contribution in [3.8, 4) is 0 Å². The Hall–Kier alpha value is -2.80. The predicted octanol–water partition coefficient (Wildman–Crippen LogP) is 8.03. The minimum atomic E-state index is -0.0961. The standard InChI is InChI=1S/C30H37N/c1-8-22-31-27-20-15-14-19-26(27)30(6,7)28(31)21-11-9-10-17-24(3)29(4,5)25-18-13-12-16-23(25)2/h9-21H,3,8,22H2,1-2,4-7H3/b11-9+,17-10+,28-21+. The van der Waals surface area contributed by atoms with Crippen molar-refractivity contribution in [1.29, 1.82) is 0 Å². The Morgan fingerprint density at radius 1 is 1.00 bits per heavy atom. The highest BCUT2D eigenvalue weighted by atomic mass is 15.2. The van der Waals surface area contributed by atoms with Gasteiger partial charge in [0.1, 0.15) is 0 Å². The molecular weight excluding hydrogens is 374 g/mol. The molecule has 0 N–H and O–H groups in total.